The predicted octanol–water partition coefficient (Wildman–Crippen LogP) is 3.92. The summed E-state index contributed by atoms with van der Waals surface area (Å²) >= 11 is 8.30. The van der Waals surface area contributed by atoms with Crippen LogP contribution in [0.15, 0.2) is 16.6 Å². The second-order valence-corrected chi connectivity index (χ2v) is 3.30. The maximum absolute atomic E-state index is 12.1. The van der Waals surface area contributed by atoms with Crippen molar-refractivity contribution in [3.63, 3.8) is 0 Å². The zero-order valence-corrected chi connectivity index (χ0v) is 7.89. The molecule has 0 saturated carbocycles. The van der Waals surface area contributed by atoms with Crippen molar-refractivity contribution in [2.45, 2.75) is 6.18 Å². The lowest BCUT2D eigenvalue weighted by Gasteiger charge is -2.07. The van der Waals surface area contributed by atoms with Gasteiger partial charge in [0.05, 0.1) is 10.6 Å². The third-order valence-electron chi connectivity index (χ3n) is 1.17. The molecule has 1 aromatic rings. The van der Waals surface area contributed by atoms with Gasteiger partial charge >= 0.3 is 6.18 Å². The first-order valence-corrected chi connectivity index (χ1v) is 4.02. The van der Waals surface area contributed by atoms with E-state index in [9.17, 15) is 13.2 Å². The summed E-state index contributed by atoms with van der Waals surface area (Å²) in [6.45, 7) is 0. The highest BCUT2D eigenvalue weighted by molar-refractivity contribution is 9.10. The van der Waals surface area contributed by atoms with E-state index in [0.29, 0.717) is 4.47 Å². The first kappa shape index (κ1) is 9.86. The largest absolute Gasteiger partial charge is 0.417 e. The molecule has 0 saturated heterocycles. The van der Waals surface area contributed by atoms with Gasteiger partial charge in [0.25, 0.3) is 0 Å². The number of alkyl halides is 3. The molecular weight excluding hydrogens is 256 g/mol. The Morgan fingerprint density at radius 2 is 2.00 bits per heavy atom. The molecule has 0 aliphatic heterocycles. The van der Waals surface area contributed by atoms with Gasteiger partial charge in [-0.15, -0.1) is 0 Å². The summed E-state index contributed by atoms with van der Waals surface area (Å²) in [4.78, 5) is 0. The molecule has 0 nitrogen and oxygen atoms in total. The van der Waals surface area contributed by atoms with Crippen molar-refractivity contribution in [1.82, 2.24) is 0 Å². The molecule has 0 atom stereocenters. The van der Waals surface area contributed by atoms with E-state index in [2.05, 4.69) is 22.0 Å². The Morgan fingerprint density at radius 3 is 2.42 bits per heavy atom. The molecule has 0 spiro atoms. The molecule has 0 aliphatic rings. The molecule has 65 valence electrons. The summed E-state index contributed by atoms with van der Waals surface area (Å²) in [5, 5.41) is -0.326. The van der Waals surface area contributed by atoms with Gasteiger partial charge in [0.1, 0.15) is 0 Å². The van der Waals surface area contributed by atoms with E-state index in [1.54, 1.807) is 0 Å². The number of rotatable bonds is 0. The van der Waals surface area contributed by atoms with Gasteiger partial charge < -0.3 is 0 Å². The fourth-order valence-electron chi connectivity index (χ4n) is 0.658. The molecule has 0 unspecified atom stereocenters. The second-order valence-electron chi connectivity index (χ2n) is 2.04. The van der Waals surface area contributed by atoms with Gasteiger partial charge in [0, 0.05) is 4.47 Å². The average Bonchev–Trinajstić information content (AvgIpc) is 1.83. The van der Waals surface area contributed by atoms with Crippen LogP contribution >= 0.6 is 27.5 Å². The molecular formula is C7H2BrClF3. The lowest BCUT2D eigenvalue weighted by Crippen LogP contribution is -2.05. The molecule has 1 aromatic carbocycles. The third kappa shape index (κ3) is 2.14. The Balaban J connectivity index is 3.19. The average molecular weight is 258 g/mol. The van der Waals surface area contributed by atoms with Crippen LogP contribution in [-0.2, 0) is 6.18 Å². The Labute approximate surface area is 80.5 Å². The van der Waals surface area contributed by atoms with E-state index < -0.39 is 11.7 Å². The number of halogens is 5. The minimum absolute atomic E-state index is 0.326. The highest BCUT2D eigenvalue weighted by Crippen LogP contribution is 2.35. The fraction of sp³-hybridized carbons (Fsp3) is 0.143. The molecule has 1 radical (unpaired) electrons. The second kappa shape index (κ2) is 3.26. The monoisotopic (exact) mass is 257 g/mol. The molecule has 0 fully saturated rings. The lowest BCUT2D eigenvalue weighted by atomic mass is 10.2. The summed E-state index contributed by atoms with van der Waals surface area (Å²) < 4.78 is 36.6. The van der Waals surface area contributed by atoms with Crippen LogP contribution in [0.1, 0.15) is 5.56 Å². The van der Waals surface area contributed by atoms with Crippen LogP contribution in [0.5, 0.6) is 0 Å². The van der Waals surface area contributed by atoms with Crippen molar-refractivity contribution in [2.75, 3.05) is 0 Å². The zero-order valence-electron chi connectivity index (χ0n) is 5.54. The van der Waals surface area contributed by atoms with E-state index in [-0.39, 0.29) is 5.02 Å². The van der Waals surface area contributed by atoms with E-state index in [1.165, 1.54) is 0 Å². The molecule has 0 aromatic heterocycles. The Bertz CT molecular complexity index is 295. The van der Waals surface area contributed by atoms with Crippen molar-refractivity contribution in [2.24, 2.45) is 0 Å². The van der Waals surface area contributed by atoms with Gasteiger partial charge in [-0.1, -0.05) is 27.5 Å². The molecule has 0 amide bonds. The van der Waals surface area contributed by atoms with Gasteiger partial charge in [0.15, 0.2) is 0 Å². The normalized spacial score (nSPS) is 11.8. The summed E-state index contributed by atoms with van der Waals surface area (Å²) in [6.07, 6.45) is -4.41. The van der Waals surface area contributed by atoms with Crippen molar-refractivity contribution in [3.8, 4) is 0 Å². The van der Waals surface area contributed by atoms with E-state index >= 15 is 0 Å². The van der Waals surface area contributed by atoms with Gasteiger partial charge in [0.2, 0.25) is 0 Å². The van der Waals surface area contributed by atoms with E-state index in [4.69, 9.17) is 11.6 Å². The van der Waals surface area contributed by atoms with E-state index in [1.807, 2.05) is 0 Å². The topological polar surface area (TPSA) is 0 Å². The zero-order chi connectivity index (χ0) is 9.35. The fourth-order valence-corrected chi connectivity index (χ4v) is 1.40. The summed E-state index contributed by atoms with van der Waals surface area (Å²) in [6, 6.07) is 4.33. The standard InChI is InChI=1S/C7H2BrClF3/c8-4-1-2-5(6(9)3-4)7(10,11)12/h2-3H. The molecule has 0 aliphatic carbocycles. The van der Waals surface area contributed by atoms with Crippen LogP contribution in [0.2, 0.25) is 5.02 Å². The van der Waals surface area contributed by atoms with E-state index in [0.717, 1.165) is 12.1 Å². The summed E-state index contributed by atoms with van der Waals surface area (Å²) in [5.74, 6) is 0. The highest BCUT2D eigenvalue weighted by Gasteiger charge is 2.32. The molecule has 1 rings (SSSR count). The quantitative estimate of drug-likeness (QED) is 0.661. The molecule has 12 heavy (non-hydrogen) atoms. The van der Waals surface area contributed by atoms with Crippen LogP contribution in [0, 0.1) is 6.07 Å². The van der Waals surface area contributed by atoms with Crippen molar-refractivity contribution in [1.29, 1.82) is 0 Å². The lowest BCUT2D eigenvalue weighted by molar-refractivity contribution is -0.137. The first-order valence-electron chi connectivity index (χ1n) is 2.85. The van der Waals surface area contributed by atoms with Gasteiger partial charge in [-0.05, 0) is 18.2 Å². The smallest absolute Gasteiger partial charge is 0.166 e. The van der Waals surface area contributed by atoms with Crippen LogP contribution in [0.3, 0.4) is 0 Å². The maximum Gasteiger partial charge on any atom is 0.417 e. The van der Waals surface area contributed by atoms with Gasteiger partial charge in [-0.2, -0.15) is 13.2 Å². The molecule has 0 bridgehead atoms. The molecule has 5 heteroatoms. The summed E-state index contributed by atoms with van der Waals surface area (Å²) in [7, 11) is 0. The minimum atomic E-state index is -4.41. The molecule has 0 N–H and O–H groups in total. The Hall–Kier alpha value is -0.220. The Kier molecular flexibility index (Phi) is 2.68. The predicted molar refractivity (Wildman–Crippen MR) is 43.0 cm³/mol. The summed E-state index contributed by atoms with van der Waals surface area (Å²) in [5.41, 5.74) is -0.868. The number of hydrogen-bond acceptors (Lipinski definition) is 0. The van der Waals surface area contributed by atoms with Crippen molar-refractivity contribution in [3.05, 3.63) is 33.3 Å². The van der Waals surface area contributed by atoms with Crippen LogP contribution < -0.4 is 0 Å². The first-order chi connectivity index (χ1) is 5.41. The van der Waals surface area contributed by atoms with Gasteiger partial charge in [-0.25, -0.2) is 0 Å². The SMILES string of the molecule is FC(F)(F)c1c[c]c(Br)cc1Cl. The van der Waals surface area contributed by atoms with Gasteiger partial charge in [-0.3, -0.25) is 0 Å². The highest BCUT2D eigenvalue weighted by atomic mass is 79.9. The third-order valence-corrected chi connectivity index (χ3v) is 1.94. The minimum Gasteiger partial charge on any atom is -0.166 e. The van der Waals surface area contributed by atoms with Crippen LogP contribution in [0.25, 0.3) is 0 Å². The van der Waals surface area contributed by atoms with Crippen LogP contribution in [-0.4, -0.2) is 0 Å². The van der Waals surface area contributed by atoms with Crippen molar-refractivity contribution >= 4 is 27.5 Å². The maximum atomic E-state index is 12.1. The molecule has 0 heterocycles. The van der Waals surface area contributed by atoms with Crippen molar-refractivity contribution < 1.29 is 13.2 Å². The van der Waals surface area contributed by atoms with Crippen LogP contribution in [0.4, 0.5) is 13.2 Å². The number of benzene rings is 1. The number of hydrogen-bond donors (Lipinski definition) is 0. The Morgan fingerprint density at radius 1 is 1.42 bits per heavy atom.